The third-order valence-electron chi connectivity index (χ3n) is 6.09. The fourth-order valence-corrected chi connectivity index (χ4v) is 3.86. The van der Waals surface area contributed by atoms with Crippen LogP contribution in [0.25, 0.3) is 0 Å². The van der Waals surface area contributed by atoms with Gasteiger partial charge in [0.2, 0.25) is 0 Å². The van der Waals surface area contributed by atoms with Crippen molar-refractivity contribution in [3.05, 3.63) is 59.7 Å². The minimum atomic E-state index is -0.254. The Balaban J connectivity index is 1.65. The predicted octanol–water partition coefficient (Wildman–Crippen LogP) is 9.08. The maximum Gasteiger partial charge on any atom is 0.338 e. The fraction of sp³-hybridized carbons (Fsp3) is 0.548. The summed E-state index contributed by atoms with van der Waals surface area (Å²) < 4.78 is 11.2. The Bertz CT molecular complexity index is 827. The van der Waals surface area contributed by atoms with Gasteiger partial charge in [-0.1, -0.05) is 96.6 Å². The van der Waals surface area contributed by atoms with E-state index in [1.807, 2.05) is 36.4 Å². The third kappa shape index (κ3) is 13.2. The van der Waals surface area contributed by atoms with E-state index in [1.54, 1.807) is 18.3 Å². The largest absolute Gasteiger partial charge is 0.494 e. The number of hydrogen-bond acceptors (Lipinski definition) is 4. The molecule has 0 bridgehead atoms. The number of aliphatic imine (C=N–C) groups is 1. The highest BCUT2D eigenvalue weighted by molar-refractivity contribution is 5.91. The van der Waals surface area contributed by atoms with Crippen LogP contribution in [0.3, 0.4) is 0 Å². The Labute approximate surface area is 213 Å². The molecule has 0 fully saturated rings. The lowest BCUT2D eigenvalue weighted by molar-refractivity contribution is 0.0497. The fourth-order valence-electron chi connectivity index (χ4n) is 3.86. The topological polar surface area (TPSA) is 47.9 Å². The van der Waals surface area contributed by atoms with Gasteiger partial charge >= 0.3 is 5.97 Å². The quantitative estimate of drug-likeness (QED) is 0.115. The van der Waals surface area contributed by atoms with Crippen LogP contribution < -0.4 is 4.74 Å². The van der Waals surface area contributed by atoms with Crippen LogP contribution in [0, 0.1) is 0 Å². The van der Waals surface area contributed by atoms with Gasteiger partial charge in [0.15, 0.2) is 0 Å². The van der Waals surface area contributed by atoms with Gasteiger partial charge in [0.05, 0.1) is 24.5 Å². The second kappa shape index (κ2) is 18.7. The highest BCUT2D eigenvalue weighted by atomic mass is 16.5. The summed E-state index contributed by atoms with van der Waals surface area (Å²) >= 11 is 0. The highest BCUT2D eigenvalue weighted by Crippen LogP contribution is 2.19. The molecule has 2 aromatic carbocycles. The summed E-state index contributed by atoms with van der Waals surface area (Å²) in [5, 5.41) is 0. The second-order valence-corrected chi connectivity index (χ2v) is 9.25. The van der Waals surface area contributed by atoms with Crippen LogP contribution in [0.5, 0.6) is 5.75 Å². The van der Waals surface area contributed by atoms with Gasteiger partial charge in [-0.05, 0) is 54.8 Å². The average Bonchev–Trinajstić information content (AvgIpc) is 2.89. The van der Waals surface area contributed by atoms with E-state index in [0.717, 1.165) is 42.9 Å². The van der Waals surface area contributed by atoms with E-state index in [0.29, 0.717) is 12.2 Å². The van der Waals surface area contributed by atoms with Gasteiger partial charge in [0, 0.05) is 6.21 Å². The van der Waals surface area contributed by atoms with E-state index in [9.17, 15) is 4.79 Å². The van der Waals surface area contributed by atoms with E-state index in [2.05, 4.69) is 18.8 Å². The standard InChI is InChI=1S/C31H45NO3/c1-3-5-7-9-11-13-15-25-35-31(33)28-18-16-27(17-19-28)26-32-29-20-22-30(23-21-29)34-24-14-12-10-8-6-4-2/h16-23,26H,3-15,24-25H2,1-2H3. The van der Waals surface area contributed by atoms with Crippen LogP contribution in [-0.2, 0) is 4.74 Å². The number of ether oxygens (including phenoxy) is 2. The molecule has 0 N–H and O–H groups in total. The molecule has 0 aromatic heterocycles. The molecule has 0 saturated carbocycles. The predicted molar refractivity (Wildman–Crippen MR) is 147 cm³/mol. The highest BCUT2D eigenvalue weighted by Gasteiger charge is 2.06. The van der Waals surface area contributed by atoms with Crippen LogP contribution in [0.1, 0.15) is 113 Å². The first kappa shape index (κ1) is 28.6. The van der Waals surface area contributed by atoms with E-state index in [1.165, 1.54) is 64.2 Å². The molecule has 2 rings (SSSR count). The first-order valence-electron chi connectivity index (χ1n) is 13.8. The van der Waals surface area contributed by atoms with Crippen molar-refractivity contribution in [2.24, 2.45) is 4.99 Å². The van der Waals surface area contributed by atoms with Gasteiger partial charge in [-0.15, -0.1) is 0 Å². The molecule has 0 aliphatic rings. The summed E-state index contributed by atoms with van der Waals surface area (Å²) in [6.45, 7) is 5.73. The van der Waals surface area contributed by atoms with Gasteiger partial charge in [0.1, 0.15) is 5.75 Å². The number of carbonyl (C=O) groups is 1. The Kier molecular flexibility index (Phi) is 15.3. The van der Waals surface area contributed by atoms with Crippen LogP contribution in [0.2, 0.25) is 0 Å². The number of unbranched alkanes of at least 4 members (excludes halogenated alkanes) is 11. The lowest BCUT2D eigenvalue weighted by Gasteiger charge is -2.06. The molecule has 4 nitrogen and oxygen atoms in total. The maximum atomic E-state index is 12.2. The lowest BCUT2D eigenvalue weighted by atomic mass is 10.1. The molecule has 192 valence electrons. The Morgan fingerprint density at radius 3 is 1.83 bits per heavy atom. The Hall–Kier alpha value is -2.62. The summed E-state index contributed by atoms with van der Waals surface area (Å²) in [7, 11) is 0. The Morgan fingerprint density at radius 1 is 0.686 bits per heavy atom. The van der Waals surface area contributed by atoms with Gasteiger partial charge in [-0.3, -0.25) is 4.99 Å². The maximum absolute atomic E-state index is 12.2. The number of benzene rings is 2. The number of esters is 1. The van der Waals surface area contributed by atoms with Crippen LogP contribution in [0.4, 0.5) is 5.69 Å². The molecule has 0 atom stereocenters. The molecular weight excluding hydrogens is 434 g/mol. The van der Waals surface area contributed by atoms with Gasteiger partial charge in [-0.2, -0.15) is 0 Å². The molecule has 0 amide bonds. The summed E-state index contributed by atoms with van der Waals surface area (Å²) in [5.74, 6) is 0.632. The van der Waals surface area contributed by atoms with Crippen molar-refractivity contribution >= 4 is 17.9 Å². The third-order valence-corrected chi connectivity index (χ3v) is 6.09. The minimum Gasteiger partial charge on any atom is -0.494 e. The molecule has 0 heterocycles. The van der Waals surface area contributed by atoms with Crippen molar-refractivity contribution in [2.75, 3.05) is 13.2 Å². The molecule has 0 spiro atoms. The molecule has 0 unspecified atom stereocenters. The first-order chi connectivity index (χ1) is 17.2. The monoisotopic (exact) mass is 479 g/mol. The molecule has 4 heteroatoms. The smallest absolute Gasteiger partial charge is 0.338 e. The van der Waals surface area contributed by atoms with Crippen molar-refractivity contribution in [1.82, 2.24) is 0 Å². The van der Waals surface area contributed by atoms with Crippen LogP contribution in [-0.4, -0.2) is 25.4 Å². The van der Waals surface area contributed by atoms with Crippen LogP contribution >= 0.6 is 0 Å². The normalized spacial score (nSPS) is 11.1. The number of nitrogens with zero attached hydrogens (tertiary/aromatic N) is 1. The van der Waals surface area contributed by atoms with E-state index >= 15 is 0 Å². The van der Waals surface area contributed by atoms with E-state index in [4.69, 9.17) is 9.47 Å². The van der Waals surface area contributed by atoms with E-state index in [-0.39, 0.29) is 5.97 Å². The molecule has 0 aliphatic carbocycles. The van der Waals surface area contributed by atoms with Crippen molar-refractivity contribution in [1.29, 1.82) is 0 Å². The zero-order chi connectivity index (χ0) is 25.0. The molecule has 0 saturated heterocycles. The molecule has 2 aromatic rings. The summed E-state index contributed by atoms with van der Waals surface area (Å²) in [6.07, 6.45) is 17.8. The summed E-state index contributed by atoms with van der Waals surface area (Å²) in [6, 6.07) is 15.2. The zero-order valence-corrected chi connectivity index (χ0v) is 22.0. The Morgan fingerprint density at radius 2 is 1.23 bits per heavy atom. The van der Waals surface area contributed by atoms with Crippen LogP contribution in [0.15, 0.2) is 53.5 Å². The number of carbonyl (C=O) groups excluding carboxylic acids is 1. The second-order valence-electron chi connectivity index (χ2n) is 9.25. The average molecular weight is 480 g/mol. The molecule has 0 aliphatic heterocycles. The minimum absolute atomic E-state index is 0.254. The number of hydrogen-bond donors (Lipinski definition) is 0. The van der Waals surface area contributed by atoms with E-state index < -0.39 is 0 Å². The summed E-state index contributed by atoms with van der Waals surface area (Å²) in [5.41, 5.74) is 2.39. The summed E-state index contributed by atoms with van der Waals surface area (Å²) in [4.78, 5) is 16.8. The van der Waals surface area contributed by atoms with Crippen molar-refractivity contribution < 1.29 is 14.3 Å². The number of rotatable bonds is 19. The van der Waals surface area contributed by atoms with Gasteiger partial charge in [-0.25, -0.2) is 4.79 Å². The van der Waals surface area contributed by atoms with Crippen molar-refractivity contribution in [3.8, 4) is 5.75 Å². The van der Waals surface area contributed by atoms with Crippen molar-refractivity contribution in [3.63, 3.8) is 0 Å². The SMILES string of the molecule is CCCCCCCCCOC(=O)c1ccc(C=Nc2ccc(OCCCCCCCC)cc2)cc1. The van der Waals surface area contributed by atoms with Crippen molar-refractivity contribution in [2.45, 2.75) is 97.3 Å². The van der Waals surface area contributed by atoms with Gasteiger partial charge < -0.3 is 9.47 Å². The molecule has 0 radical (unpaired) electrons. The lowest BCUT2D eigenvalue weighted by Crippen LogP contribution is -2.06. The first-order valence-corrected chi connectivity index (χ1v) is 13.8. The zero-order valence-electron chi connectivity index (χ0n) is 22.0. The van der Waals surface area contributed by atoms with Gasteiger partial charge in [0.25, 0.3) is 0 Å². The molecular formula is C31H45NO3. The molecule has 35 heavy (non-hydrogen) atoms.